The summed E-state index contributed by atoms with van der Waals surface area (Å²) in [7, 11) is 0. The molecule has 78 valence electrons. The van der Waals surface area contributed by atoms with Crippen LogP contribution in [-0.4, -0.2) is 12.1 Å². The second kappa shape index (κ2) is 5.82. The smallest absolute Gasteiger partial charge is 0.303 e. The number of esters is 1. The first kappa shape index (κ1) is 11.3. The lowest BCUT2D eigenvalue weighted by atomic mass is 10.1. The summed E-state index contributed by atoms with van der Waals surface area (Å²) in [6.45, 7) is 1.31. The molecule has 0 amide bonds. The third kappa shape index (κ3) is 4.28. The zero-order valence-electron chi connectivity index (χ0n) is 8.64. The van der Waals surface area contributed by atoms with Crippen LogP contribution in [0.25, 0.3) is 0 Å². The molecule has 0 aliphatic rings. The van der Waals surface area contributed by atoms with Crippen LogP contribution < -0.4 is 0 Å². The standard InChI is InChI=1S/C12H13NO2/c1-10(14)15-12(9-13)8-7-11-5-3-2-4-6-11/h2-6,12H,7-8H2,1H3/t12-/m0/s1. The fraction of sp³-hybridized carbons (Fsp3) is 0.333. The Labute approximate surface area is 89.3 Å². The number of hydrogen-bond acceptors (Lipinski definition) is 3. The largest absolute Gasteiger partial charge is 0.447 e. The Hall–Kier alpha value is -1.82. The van der Waals surface area contributed by atoms with E-state index in [-0.39, 0.29) is 0 Å². The maximum Gasteiger partial charge on any atom is 0.303 e. The molecule has 3 nitrogen and oxygen atoms in total. The fourth-order valence-electron chi connectivity index (χ4n) is 1.29. The first-order valence-corrected chi connectivity index (χ1v) is 4.83. The van der Waals surface area contributed by atoms with Crippen LogP contribution in [0.15, 0.2) is 30.3 Å². The van der Waals surface area contributed by atoms with Crippen LogP contribution in [0.5, 0.6) is 0 Å². The molecule has 0 saturated carbocycles. The number of benzene rings is 1. The molecular weight excluding hydrogens is 190 g/mol. The average molecular weight is 203 g/mol. The summed E-state index contributed by atoms with van der Waals surface area (Å²) in [5.74, 6) is -0.408. The van der Waals surface area contributed by atoms with Gasteiger partial charge in [-0.3, -0.25) is 4.79 Å². The fourth-order valence-corrected chi connectivity index (χ4v) is 1.29. The van der Waals surface area contributed by atoms with E-state index in [0.29, 0.717) is 6.42 Å². The summed E-state index contributed by atoms with van der Waals surface area (Å²) in [4.78, 5) is 10.7. The number of nitrogens with zero attached hydrogens (tertiary/aromatic N) is 1. The lowest BCUT2D eigenvalue weighted by Crippen LogP contribution is -2.14. The average Bonchev–Trinajstić information content (AvgIpc) is 2.25. The number of nitriles is 1. The summed E-state index contributed by atoms with van der Waals surface area (Å²) in [5, 5.41) is 8.73. The minimum Gasteiger partial charge on any atom is -0.447 e. The molecule has 1 atom stereocenters. The Kier molecular flexibility index (Phi) is 4.36. The van der Waals surface area contributed by atoms with Gasteiger partial charge in [-0.05, 0) is 12.0 Å². The molecule has 0 aliphatic carbocycles. The highest BCUT2D eigenvalue weighted by Gasteiger charge is 2.10. The number of ether oxygens (including phenoxy) is 1. The topological polar surface area (TPSA) is 50.1 Å². The zero-order chi connectivity index (χ0) is 11.1. The summed E-state index contributed by atoms with van der Waals surface area (Å²) < 4.78 is 4.82. The van der Waals surface area contributed by atoms with Crippen LogP contribution in [0, 0.1) is 11.3 Å². The number of carbonyl (C=O) groups is 1. The monoisotopic (exact) mass is 203 g/mol. The maximum absolute atomic E-state index is 10.7. The highest BCUT2D eigenvalue weighted by atomic mass is 16.5. The van der Waals surface area contributed by atoms with Crippen molar-refractivity contribution in [3.05, 3.63) is 35.9 Å². The van der Waals surface area contributed by atoms with Gasteiger partial charge in [0.05, 0.1) is 0 Å². The van der Waals surface area contributed by atoms with E-state index in [1.807, 2.05) is 36.4 Å². The lowest BCUT2D eigenvalue weighted by Gasteiger charge is -2.08. The summed E-state index contributed by atoms with van der Waals surface area (Å²) >= 11 is 0. The van der Waals surface area contributed by atoms with Crippen LogP contribution in [0.2, 0.25) is 0 Å². The van der Waals surface area contributed by atoms with Crippen molar-refractivity contribution >= 4 is 5.97 Å². The third-order valence-electron chi connectivity index (χ3n) is 1.99. The Morgan fingerprint density at radius 3 is 2.67 bits per heavy atom. The van der Waals surface area contributed by atoms with Gasteiger partial charge in [0, 0.05) is 13.3 Å². The second-order valence-electron chi connectivity index (χ2n) is 3.25. The van der Waals surface area contributed by atoms with Gasteiger partial charge in [0.1, 0.15) is 6.07 Å². The molecule has 0 fully saturated rings. The molecule has 1 aromatic rings. The van der Waals surface area contributed by atoms with Crippen LogP contribution in [-0.2, 0) is 16.0 Å². The van der Waals surface area contributed by atoms with E-state index in [4.69, 9.17) is 10.00 Å². The molecule has 0 radical (unpaired) electrons. The van der Waals surface area contributed by atoms with Gasteiger partial charge in [-0.15, -0.1) is 0 Å². The van der Waals surface area contributed by atoms with Gasteiger partial charge in [-0.25, -0.2) is 0 Å². The predicted octanol–water partition coefficient (Wildman–Crippen LogP) is 2.07. The Balaban J connectivity index is 2.42. The van der Waals surface area contributed by atoms with Gasteiger partial charge in [-0.2, -0.15) is 5.26 Å². The van der Waals surface area contributed by atoms with Crippen molar-refractivity contribution in [1.82, 2.24) is 0 Å². The molecule has 3 heteroatoms. The molecule has 0 aliphatic heterocycles. The molecule has 0 spiro atoms. The van der Waals surface area contributed by atoms with E-state index in [1.165, 1.54) is 6.92 Å². The highest BCUT2D eigenvalue weighted by molar-refractivity contribution is 5.66. The highest BCUT2D eigenvalue weighted by Crippen LogP contribution is 2.07. The van der Waals surface area contributed by atoms with E-state index in [9.17, 15) is 4.79 Å². The molecule has 1 aromatic carbocycles. The minimum atomic E-state index is -0.636. The van der Waals surface area contributed by atoms with Gasteiger partial charge >= 0.3 is 5.97 Å². The number of hydrogen-bond donors (Lipinski definition) is 0. The molecular formula is C12H13NO2. The minimum absolute atomic E-state index is 0.408. The first-order chi connectivity index (χ1) is 7.22. The van der Waals surface area contributed by atoms with Gasteiger partial charge in [0.2, 0.25) is 0 Å². The molecule has 0 aromatic heterocycles. The van der Waals surface area contributed by atoms with Crippen LogP contribution in [0.3, 0.4) is 0 Å². The van der Waals surface area contributed by atoms with Crippen molar-refractivity contribution < 1.29 is 9.53 Å². The Morgan fingerprint density at radius 1 is 1.47 bits per heavy atom. The van der Waals surface area contributed by atoms with E-state index < -0.39 is 12.1 Å². The molecule has 0 N–H and O–H groups in total. The number of aryl methyl sites for hydroxylation is 1. The Bertz CT molecular complexity index is 354. The van der Waals surface area contributed by atoms with Crippen molar-refractivity contribution in [3.8, 4) is 6.07 Å². The van der Waals surface area contributed by atoms with Crippen LogP contribution in [0.1, 0.15) is 18.9 Å². The molecule has 0 heterocycles. The molecule has 0 bridgehead atoms. The van der Waals surface area contributed by atoms with Gasteiger partial charge in [0.25, 0.3) is 0 Å². The molecule has 0 saturated heterocycles. The SMILES string of the molecule is CC(=O)O[C@H](C#N)CCc1ccccc1. The van der Waals surface area contributed by atoms with E-state index in [2.05, 4.69) is 0 Å². The second-order valence-corrected chi connectivity index (χ2v) is 3.25. The van der Waals surface area contributed by atoms with Gasteiger partial charge < -0.3 is 4.74 Å². The van der Waals surface area contributed by atoms with Gasteiger partial charge in [0.15, 0.2) is 6.10 Å². The molecule has 1 rings (SSSR count). The van der Waals surface area contributed by atoms with Crippen molar-refractivity contribution in [2.24, 2.45) is 0 Å². The summed E-state index contributed by atoms with van der Waals surface area (Å²) in [6.07, 6.45) is 0.648. The Morgan fingerprint density at radius 2 is 2.13 bits per heavy atom. The van der Waals surface area contributed by atoms with Crippen molar-refractivity contribution in [3.63, 3.8) is 0 Å². The lowest BCUT2D eigenvalue weighted by molar-refractivity contribution is -0.144. The van der Waals surface area contributed by atoms with Crippen molar-refractivity contribution in [1.29, 1.82) is 5.26 Å². The van der Waals surface area contributed by atoms with Crippen molar-refractivity contribution in [2.75, 3.05) is 0 Å². The normalized spacial score (nSPS) is 11.5. The number of rotatable bonds is 4. The van der Waals surface area contributed by atoms with Crippen LogP contribution >= 0.6 is 0 Å². The van der Waals surface area contributed by atoms with E-state index in [0.717, 1.165) is 12.0 Å². The predicted molar refractivity (Wildman–Crippen MR) is 55.9 cm³/mol. The first-order valence-electron chi connectivity index (χ1n) is 4.83. The molecule has 0 unspecified atom stereocenters. The zero-order valence-corrected chi connectivity index (χ0v) is 8.64. The van der Waals surface area contributed by atoms with Gasteiger partial charge in [-0.1, -0.05) is 30.3 Å². The summed E-state index contributed by atoms with van der Waals surface area (Å²) in [6, 6.07) is 11.8. The van der Waals surface area contributed by atoms with E-state index >= 15 is 0 Å². The summed E-state index contributed by atoms with van der Waals surface area (Å²) in [5.41, 5.74) is 1.14. The third-order valence-corrected chi connectivity index (χ3v) is 1.99. The quantitative estimate of drug-likeness (QED) is 0.704. The van der Waals surface area contributed by atoms with Crippen LogP contribution in [0.4, 0.5) is 0 Å². The van der Waals surface area contributed by atoms with E-state index in [1.54, 1.807) is 0 Å². The number of carbonyl (C=O) groups excluding carboxylic acids is 1. The maximum atomic E-state index is 10.7. The molecule has 15 heavy (non-hydrogen) atoms. The van der Waals surface area contributed by atoms with Crippen molar-refractivity contribution in [2.45, 2.75) is 25.9 Å².